The van der Waals surface area contributed by atoms with E-state index in [0.29, 0.717) is 53.7 Å². The molecular weight excluding hydrogens is 454 g/mol. The monoisotopic (exact) mass is 477 g/mol. The Hall–Kier alpha value is -2.62. The Labute approximate surface area is 181 Å². The molecule has 1 aliphatic heterocycles. The Bertz CT molecular complexity index is 1120. The van der Waals surface area contributed by atoms with E-state index < -0.39 is 5.60 Å². The van der Waals surface area contributed by atoms with E-state index in [1.165, 1.54) is 0 Å². The molecule has 1 amide bonds. The van der Waals surface area contributed by atoms with Gasteiger partial charge < -0.3 is 24.1 Å². The van der Waals surface area contributed by atoms with Gasteiger partial charge in [-0.05, 0) is 51.7 Å². The number of fused-ring (bicyclic) bond motifs is 1. The highest BCUT2D eigenvalue weighted by Gasteiger charge is 2.28. The third-order valence-corrected chi connectivity index (χ3v) is 5.48. The van der Waals surface area contributed by atoms with Gasteiger partial charge in [0.2, 0.25) is 0 Å². The molecule has 0 unspecified atom stereocenters. The molecule has 1 aromatic carbocycles. The Kier molecular flexibility index (Phi) is 5.44. The van der Waals surface area contributed by atoms with Crippen molar-refractivity contribution in [3.05, 3.63) is 32.9 Å². The molecular formula is C20H24BrN5O4. The number of ether oxygens (including phenoxy) is 1. The van der Waals surface area contributed by atoms with Crippen LogP contribution in [0.1, 0.15) is 39.4 Å². The number of imidazole rings is 1. The minimum Gasteiger partial charge on any atom is -0.444 e. The zero-order chi connectivity index (χ0) is 21.5. The van der Waals surface area contributed by atoms with Gasteiger partial charge in [-0.2, -0.15) is 4.98 Å². The van der Waals surface area contributed by atoms with E-state index in [2.05, 4.69) is 36.0 Å². The highest BCUT2D eigenvalue weighted by Crippen LogP contribution is 2.29. The lowest BCUT2D eigenvalue weighted by molar-refractivity contribution is 0.0183. The van der Waals surface area contributed by atoms with Crippen LogP contribution in [0.3, 0.4) is 0 Å². The summed E-state index contributed by atoms with van der Waals surface area (Å²) in [6.45, 7) is 6.91. The Morgan fingerprint density at radius 2 is 2.03 bits per heavy atom. The predicted octanol–water partition coefficient (Wildman–Crippen LogP) is 3.86. The van der Waals surface area contributed by atoms with E-state index in [-0.39, 0.29) is 11.8 Å². The lowest BCUT2D eigenvalue weighted by atomic mass is 9.93. The summed E-state index contributed by atoms with van der Waals surface area (Å²) < 4.78 is 11.7. The molecule has 0 atom stereocenters. The molecule has 3 heterocycles. The van der Waals surface area contributed by atoms with Crippen molar-refractivity contribution < 1.29 is 14.1 Å². The van der Waals surface area contributed by atoms with Crippen molar-refractivity contribution >= 4 is 33.1 Å². The molecule has 1 aliphatic rings. The Balaban J connectivity index is 1.42. The van der Waals surface area contributed by atoms with Crippen molar-refractivity contribution in [2.24, 2.45) is 5.92 Å². The van der Waals surface area contributed by atoms with E-state index in [4.69, 9.17) is 9.26 Å². The topological polar surface area (TPSA) is 117 Å². The summed E-state index contributed by atoms with van der Waals surface area (Å²) in [5, 5.41) is 4.12. The SMILES string of the molecule is CC(C)(C)OC(=O)N1CCC(Cc2noc(-c3cc(Br)cc4[nH]c(=O)[nH]c34)n2)CC1. The summed E-state index contributed by atoms with van der Waals surface area (Å²) in [6, 6.07) is 3.65. The van der Waals surface area contributed by atoms with Crippen molar-refractivity contribution in [3.63, 3.8) is 0 Å². The van der Waals surface area contributed by atoms with Gasteiger partial charge in [-0.1, -0.05) is 21.1 Å². The third kappa shape index (κ3) is 4.58. The van der Waals surface area contributed by atoms with Crippen LogP contribution in [0.4, 0.5) is 4.79 Å². The van der Waals surface area contributed by atoms with Crippen LogP contribution in [0.15, 0.2) is 25.9 Å². The van der Waals surface area contributed by atoms with Gasteiger partial charge in [0.1, 0.15) is 5.60 Å². The average molecular weight is 478 g/mol. The summed E-state index contributed by atoms with van der Waals surface area (Å²) in [6.07, 6.45) is 2.12. The number of amides is 1. The number of aromatic nitrogens is 4. The second-order valence-electron chi connectivity index (χ2n) is 8.59. The van der Waals surface area contributed by atoms with Crippen LogP contribution >= 0.6 is 15.9 Å². The molecule has 0 saturated carbocycles. The number of piperidine rings is 1. The van der Waals surface area contributed by atoms with Crippen LogP contribution in [0.2, 0.25) is 0 Å². The number of carbonyl (C=O) groups excluding carboxylic acids is 1. The van der Waals surface area contributed by atoms with Crippen molar-refractivity contribution in [2.75, 3.05) is 13.1 Å². The average Bonchev–Trinajstić information content (AvgIpc) is 3.26. The first-order valence-electron chi connectivity index (χ1n) is 9.90. The van der Waals surface area contributed by atoms with Gasteiger partial charge in [-0.3, -0.25) is 0 Å². The first-order chi connectivity index (χ1) is 14.2. The fourth-order valence-corrected chi connectivity index (χ4v) is 4.08. The van der Waals surface area contributed by atoms with Crippen LogP contribution in [-0.4, -0.2) is 49.8 Å². The molecule has 1 fully saturated rings. The van der Waals surface area contributed by atoms with Gasteiger partial charge in [0.15, 0.2) is 5.82 Å². The van der Waals surface area contributed by atoms with Gasteiger partial charge >= 0.3 is 11.8 Å². The number of nitrogens with one attached hydrogen (secondary N) is 2. The maximum Gasteiger partial charge on any atom is 0.410 e. The summed E-state index contributed by atoms with van der Waals surface area (Å²) in [5.41, 5.74) is 1.18. The van der Waals surface area contributed by atoms with Gasteiger partial charge in [0, 0.05) is 24.0 Å². The number of carbonyl (C=O) groups is 1. The van der Waals surface area contributed by atoms with Gasteiger partial charge in [0.25, 0.3) is 5.89 Å². The maximum atomic E-state index is 12.2. The van der Waals surface area contributed by atoms with Crippen LogP contribution in [0.25, 0.3) is 22.5 Å². The quantitative estimate of drug-likeness (QED) is 0.591. The standard InChI is InChI=1S/C20H24BrN5O4/c1-20(2,3)29-19(28)26-6-4-11(5-7-26)8-15-23-17(30-25-15)13-9-12(21)10-14-16(13)24-18(27)22-14/h9-11H,4-8H2,1-3H3,(H2,22,24,27). The number of likely N-dealkylation sites (tertiary alicyclic amines) is 1. The first-order valence-corrected chi connectivity index (χ1v) is 10.7. The number of hydrogen-bond donors (Lipinski definition) is 2. The van der Waals surface area contributed by atoms with Crippen molar-refractivity contribution in [3.8, 4) is 11.5 Å². The lowest BCUT2D eigenvalue weighted by Gasteiger charge is -2.33. The van der Waals surface area contributed by atoms with Gasteiger partial charge in [-0.25, -0.2) is 9.59 Å². The predicted molar refractivity (Wildman–Crippen MR) is 114 cm³/mol. The normalized spacial score (nSPS) is 15.7. The van der Waals surface area contributed by atoms with Crippen molar-refractivity contribution in [1.82, 2.24) is 25.0 Å². The summed E-state index contributed by atoms with van der Waals surface area (Å²) >= 11 is 3.44. The van der Waals surface area contributed by atoms with Crippen LogP contribution in [0.5, 0.6) is 0 Å². The number of H-pyrrole nitrogens is 2. The van der Waals surface area contributed by atoms with E-state index in [1.807, 2.05) is 32.9 Å². The third-order valence-electron chi connectivity index (χ3n) is 5.03. The number of hydrogen-bond acceptors (Lipinski definition) is 6. The summed E-state index contributed by atoms with van der Waals surface area (Å²) in [7, 11) is 0. The van der Waals surface area contributed by atoms with E-state index in [1.54, 1.807) is 4.90 Å². The number of aromatic amines is 2. The number of nitrogens with zero attached hydrogens (tertiary/aromatic N) is 3. The number of rotatable bonds is 3. The Morgan fingerprint density at radius 1 is 1.30 bits per heavy atom. The number of benzene rings is 1. The van der Waals surface area contributed by atoms with E-state index >= 15 is 0 Å². The molecule has 0 bridgehead atoms. The molecule has 160 valence electrons. The smallest absolute Gasteiger partial charge is 0.410 e. The van der Waals surface area contributed by atoms with E-state index in [9.17, 15) is 9.59 Å². The second-order valence-corrected chi connectivity index (χ2v) is 9.50. The first kappa shape index (κ1) is 20.6. The minimum absolute atomic E-state index is 0.262. The highest BCUT2D eigenvalue weighted by atomic mass is 79.9. The zero-order valence-electron chi connectivity index (χ0n) is 17.1. The molecule has 3 aromatic rings. The van der Waals surface area contributed by atoms with Gasteiger partial charge in [-0.15, -0.1) is 0 Å². The minimum atomic E-state index is -0.490. The molecule has 4 rings (SSSR count). The summed E-state index contributed by atoms with van der Waals surface area (Å²) in [5.74, 6) is 1.34. The fraction of sp³-hybridized carbons (Fsp3) is 0.500. The molecule has 1 saturated heterocycles. The Morgan fingerprint density at radius 3 is 2.73 bits per heavy atom. The number of halogens is 1. The molecule has 10 heteroatoms. The van der Waals surface area contributed by atoms with E-state index in [0.717, 1.165) is 17.3 Å². The van der Waals surface area contributed by atoms with Crippen molar-refractivity contribution in [1.29, 1.82) is 0 Å². The second kappa shape index (κ2) is 7.90. The molecule has 9 nitrogen and oxygen atoms in total. The highest BCUT2D eigenvalue weighted by molar-refractivity contribution is 9.10. The van der Waals surface area contributed by atoms with Crippen LogP contribution < -0.4 is 5.69 Å². The molecule has 2 aromatic heterocycles. The molecule has 30 heavy (non-hydrogen) atoms. The lowest BCUT2D eigenvalue weighted by Crippen LogP contribution is -2.42. The largest absolute Gasteiger partial charge is 0.444 e. The zero-order valence-corrected chi connectivity index (χ0v) is 18.7. The molecule has 2 N–H and O–H groups in total. The molecule has 0 aliphatic carbocycles. The van der Waals surface area contributed by atoms with Crippen LogP contribution in [0, 0.1) is 5.92 Å². The molecule has 0 radical (unpaired) electrons. The fourth-order valence-electron chi connectivity index (χ4n) is 3.63. The van der Waals surface area contributed by atoms with Crippen molar-refractivity contribution in [2.45, 2.75) is 45.6 Å². The molecule has 0 spiro atoms. The summed E-state index contributed by atoms with van der Waals surface area (Å²) in [4.78, 5) is 35.7. The maximum absolute atomic E-state index is 12.2. The van der Waals surface area contributed by atoms with Crippen LogP contribution in [-0.2, 0) is 11.2 Å². The van der Waals surface area contributed by atoms with Gasteiger partial charge in [0.05, 0.1) is 16.6 Å².